The van der Waals surface area contributed by atoms with Crippen molar-refractivity contribution in [1.29, 1.82) is 0 Å². The van der Waals surface area contributed by atoms with Crippen molar-refractivity contribution in [3.05, 3.63) is 94.8 Å². The molecule has 2 atom stereocenters. The summed E-state index contributed by atoms with van der Waals surface area (Å²) in [5, 5.41) is 6.52. The first-order valence-corrected chi connectivity index (χ1v) is 16.9. The first-order valence-electron chi connectivity index (χ1n) is 16.9. The molecule has 2 N–H and O–H groups in total. The molecule has 7 heteroatoms. The van der Waals surface area contributed by atoms with Crippen molar-refractivity contribution in [2.24, 2.45) is 0 Å². The molecule has 2 aliphatic rings. The molecule has 0 aliphatic carbocycles. The highest BCUT2D eigenvalue weighted by Crippen LogP contribution is 2.26. The van der Waals surface area contributed by atoms with Crippen molar-refractivity contribution >= 4 is 5.91 Å². The van der Waals surface area contributed by atoms with Gasteiger partial charge in [0.15, 0.2) is 0 Å². The minimum absolute atomic E-state index is 0.119. The number of carbonyl (C=O) groups excluding carboxylic acids is 1. The molecule has 0 aromatic heterocycles. The van der Waals surface area contributed by atoms with Gasteiger partial charge in [-0.15, -0.1) is 0 Å². The van der Waals surface area contributed by atoms with Crippen LogP contribution in [0.1, 0.15) is 68.1 Å². The van der Waals surface area contributed by atoms with Crippen LogP contribution in [0.4, 0.5) is 4.39 Å². The molecule has 0 radical (unpaired) electrons. The Morgan fingerprint density at radius 2 is 1.73 bits per heavy atom. The maximum absolute atomic E-state index is 15.0. The summed E-state index contributed by atoms with van der Waals surface area (Å²) >= 11 is 0. The summed E-state index contributed by atoms with van der Waals surface area (Å²) in [5.41, 5.74) is 5.25. The summed E-state index contributed by atoms with van der Waals surface area (Å²) < 4.78 is 16.0. The Kier molecular flexibility index (Phi) is 14.2. The second kappa shape index (κ2) is 17.6. The van der Waals surface area contributed by atoms with Crippen LogP contribution in [0, 0.1) is 5.82 Å². The molecule has 0 saturated carbocycles. The Morgan fingerprint density at radius 3 is 2.44 bits per heavy atom. The topological polar surface area (TPSA) is 47.6 Å². The molecule has 45 heavy (non-hydrogen) atoms. The van der Waals surface area contributed by atoms with E-state index in [0.29, 0.717) is 29.8 Å². The monoisotopic (exact) mass is 618 g/mol. The number of hydrogen-bond acceptors (Lipinski definition) is 4. The normalized spacial score (nSPS) is 19.2. The van der Waals surface area contributed by atoms with Crippen molar-refractivity contribution in [3.63, 3.8) is 0 Å². The van der Waals surface area contributed by atoms with E-state index in [0.717, 1.165) is 60.4 Å². The Bertz CT molecular complexity index is 1360. The Hall–Kier alpha value is -3.10. The second-order valence-corrected chi connectivity index (χ2v) is 12.7. The number of halogens is 1. The fraction of sp³-hybridized carbons (Fsp3) is 0.500. The standard InChI is InChI=1S/C34H44FN5O.2C2H6/c1-25-21-39(15-14-36-25)23-28-8-5-9-29(17-28)32-19-26(11-12-33(32)35)20-37-34(41)30-10-6-7-27(18-30)22-38(2)31-13-16-40(3,4)24-31;2*1-2/h5-12,17-19,25,31,36H,13-16,20-24H2,1-4H3;2*1-2H3/p+1. The molecule has 2 heterocycles. The smallest absolute Gasteiger partial charge is 0.251 e. The molecule has 246 valence electrons. The highest BCUT2D eigenvalue weighted by atomic mass is 19.1. The van der Waals surface area contributed by atoms with Crippen molar-refractivity contribution in [2.45, 2.75) is 72.8 Å². The SMILES string of the molecule is CC.CC.CC1CN(Cc2cccc(-c3cc(CNC(=O)c4cccc(CN(C)C5CC[N+](C)(C)C5)c4)ccc3F)c2)CCN1. The molecule has 2 unspecified atom stereocenters. The van der Waals surface area contributed by atoms with Crippen LogP contribution in [-0.4, -0.2) is 86.1 Å². The summed E-state index contributed by atoms with van der Waals surface area (Å²) in [6.45, 7) is 17.6. The van der Waals surface area contributed by atoms with Crippen LogP contribution in [0.5, 0.6) is 0 Å². The van der Waals surface area contributed by atoms with Crippen LogP contribution >= 0.6 is 0 Å². The number of likely N-dealkylation sites (tertiary alicyclic amines) is 1. The fourth-order valence-electron chi connectivity index (χ4n) is 6.28. The predicted molar refractivity (Wildman–Crippen MR) is 187 cm³/mol. The highest BCUT2D eigenvalue weighted by molar-refractivity contribution is 5.94. The predicted octanol–water partition coefficient (Wildman–Crippen LogP) is 6.55. The molecule has 3 aromatic rings. The quantitative estimate of drug-likeness (QED) is 0.267. The lowest BCUT2D eigenvalue weighted by Crippen LogP contribution is -2.48. The Morgan fingerprint density at radius 1 is 1.00 bits per heavy atom. The number of nitrogens with zero attached hydrogens (tertiary/aromatic N) is 3. The molecule has 2 fully saturated rings. The van der Waals surface area contributed by atoms with Gasteiger partial charge in [-0.05, 0) is 66.6 Å². The summed E-state index contributed by atoms with van der Waals surface area (Å²) in [6.07, 6.45) is 1.20. The van der Waals surface area contributed by atoms with Crippen LogP contribution in [0.2, 0.25) is 0 Å². The van der Waals surface area contributed by atoms with E-state index in [-0.39, 0.29) is 11.7 Å². The third-order valence-corrected chi connectivity index (χ3v) is 8.60. The van der Waals surface area contributed by atoms with E-state index in [2.05, 4.69) is 66.7 Å². The van der Waals surface area contributed by atoms with Crippen molar-refractivity contribution in [1.82, 2.24) is 20.4 Å². The molecule has 2 aliphatic heterocycles. The Labute approximate surface area is 272 Å². The number of nitrogens with one attached hydrogen (secondary N) is 2. The number of carbonyl (C=O) groups is 1. The zero-order chi connectivity index (χ0) is 33.0. The summed E-state index contributed by atoms with van der Waals surface area (Å²) in [5.74, 6) is -0.374. The van der Waals surface area contributed by atoms with E-state index in [1.165, 1.54) is 24.6 Å². The third-order valence-electron chi connectivity index (χ3n) is 8.60. The minimum Gasteiger partial charge on any atom is -0.348 e. The highest BCUT2D eigenvalue weighted by Gasteiger charge is 2.33. The van der Waals surface area contributed by atoms with Gasteiger partial charge < -0.3 is 15.1 Å². The van der Waals surface area contributed by atoms with E-state index in [1.807, 2.05) is 64.1 Å². The molecule has 6 nitrogen and oxygen atoms in total. The van der Waals surface area contributed by atoms with Gasteiger partial charge in [0.05, 0.1) is 33.2 Å². The average molecular weight is 619 g/mol. The number of rotatable bonds is 9. The van der Waals surface area contributed by atoms with E-state index in [1.54, 1.807) is 6.07 Å². The Balaban J connectivity index is 0.00000133. The number of benzene rings is 3. The number of likely N-dealkylation sites (N-methyl/N-ethyl adjacent to an activating group) is 2. The maximum atomic E-state index is 15.0. The lowest BCUT2D eigenvalue weighted by atomic mass is 10.00. The first-order chi connectivity index (χ1) is 21.6. The van der Waals surface area contributed by atoms with Crippen LogP contribution in [-0.2, 0) is 19.6 Å². The lowest BCUT2D eigenvalue weighted by Gasteiger charge is -2.31. The lowest BCUT2D eigenvalue weighted by molar-refractivity contribution is -0.878. The van der Waals surface area contributed by atoms with Crippen LogP contribution in [0.15, 0.2) is 66.7 Å². The molecule has 5 rings (SSSR count). The van der Waals surface area contributed by atoms with Gasteiger partial charge in [0, 0.05) is 62.9 Å². The third kappa shape index (κ3) is 10.7. The number of piperazine rings is 1. The molecular formula is C38H57FN5O+. The van der Waals surface area contributed by atoms with Crippen molar-refractivity contribution in [2.75, 3.05) is 53.9 Å². The number of quaternary nitrogens is 1. The first kappa shape index (κ1) is 36.4. The molecule has 3 aromatic carbocycles. The van der Waals surface area contributed by atoms with Gasteiger partial charge in [-0.1, -0.05) is 64.1 Å². The maximum Gasteiger partial charge on any atom is 0.251 e. The van der Waals surface area contributed by atoms with E-state index < -0.39 is 0 Å². The summed E-state index contributed by atoms with van der Waals surface area (Å²) in [4.78, 5) is 17.9. The van der Waals surface area contributed by atoms with Gasteiger partial charge in [-0.25, -0.2) is 4.39 Å². The van der Waals surface area contributed by atoms with Gasteiger partial charge in [0.1, 0.15) is 5.82 Å². The summed E-state index contributed by atoms with van der Waals surface area (Å²) in [7, 11) is 6.75. The molecule has 1 amide bonds. The van der Waals surface area contributed by atoms with Crippen LogP contribution < -0.4 is 10.6 Å². The molecule has 2 saturated heterocycles. The number of amides is 1. The van der Waals surface area contributed by atoms with Crippen LogP contribution in [0.25, 0.3) is 11.1 Å². The van der Waals surface area contributed by atoms with Crippen molar-refractivity contribution in [3.8, 4) is 11.1 Å². The van der Waals surface area contributed by atoms with Crippen molar-refractivity contribution < 1.29 is 13.7 Å². The molecule has 0 spiro atoms. The number of hydrogen-bond donors (Lipinski definition) is 2. The average Bonchev–Trinajstić information content (AvgIpc) is 3.42. The largest absolute Gasteiger partial charge is 0.348 e. The van der Waals surface area contributed by atoms with Gasteiger partial charge in [-0.3, -0.25) is 14.6 Å². The molecular weight excluding hydrogens is 561 g/mol. The van der Waals surface area contributed by atoms with Gasteiger partial charge >= 0.3 is 0 Å². The minimum atomic E-state index is -0.255. The van der Waals surface area contributed by atoms with E-state index >= 15 is 0 Å². The second-order valence-electron chi connectivity index (χ2n) is 12.7. The zero-order valence-corrected chi connectivity index (χ0v) is 29.0. The van der Waals surface area contributed by atoms with E-state index in [4.69, 9.17) is 0 Å². The van der Waals surface area contributed by atoms with E-state index in [9.17, 15) is 9.18 Å². The van der Waals surface area contributed by atoms with Gasteiger partial charge in [0.25, 0.3) is 5.91 Å². The zero-order valence-electron chi connectivity index (χ0n) is 29.0. The fourth-order valence-corrected chi connectivity index (χ4v) is 6.28. The van der Waals surface area contributed by atoms with Gasteiger partial charge in [-0.2, -0.15) is 0 Å². The van der Waals surface area contributed by atoms with Crippen LogP contribution in [0.3, 0.4) is 0 Å². The summed E-state index contributed by atoms with van der Waals surface area (Å²) in [6, 6.07) is 22.2. The van der Waals surface area contributed by atoms with Gasteiger partial charge in [0.2, 0.25) is 0 Å². The molecule has 0 bridgehead atoms.